The molecule has 1 aromatic heterocycles. The van der Waals surface area contributed by atoms with Gasteiger partial charge in [-0.2, -0.15) is 0 Å². The van der Waals surface area contributed by atoms with Gasteiger partial charge in [0.15, 0.2) is 0 Å². The van der Waals surface area contributed by atoms with Crippen LogP contribution >= 0.6 is 11.3 Å². The molecule has 0 unspecified atom stereocenters. The van der Waals surface area contributed by atoms with Crippen molar-refractivity contribution in [3.63, 3.8) is 0 Å². The van der Waals surface area contributed by atoms with E-state index in [2.05, 4.69) is 10.3 Å². The quantitative estimate of drug-likeness (QED) is 0.920. The van der Waals surface area contributed by atoms with Crippen molar-refractivity contribution < 1.29 is 4.39 Å². The minimum atomic E-state index is -0.153. The summed E-state index contributed by atoms with van der Waals surface area (Å²) < 4.78 is 13.4. The Bertz CT molecular complexity index is 560. The zero-order valence-electron chi connectivity index (χ0n) is 10.2. The molecule has 0 aliphatic carbocycles. The van der Waals surface area contributed by atoms with E-state index in [1.54, 1.807) is 23.5 Å². The summed E-state index contributed by atoms with van der Waals surface area (Å²) in [6.07, 6.45) is 2.88. The Morgan fingerprint density at radius 1 is 1.44 bits per heavy atom. The molecule has 1 aliphatic rings. The topological polar surface area (TPSA) is 24.9 Å². The van der Waals surface area contributed by atoms with Gasteiger partial charge in [0.2, 0.25) is 0 Å². The molecule has 4 heteroatoms. The summed E-state index contributed by atoms with van der Waals surface area (Å²) in [5.41, 5.74) is 1.13. The van der Waals surface area contributed by atoms with Gasteiger partial charge in [-0.05, 0) is 31.0 Å². The molecule has 0 saturated carbocycles. The van der Waals surface area contributed by atoms with E-state index in [-0.39, 0.29) is 11.2 Å². The number of aromatic nitrogens is 1. The molecule has 3 rings (SSSR count). The smallest absolute Gasteiger partial charge is 0.123 e. The second-order valence-corrected chi connectivity index (χ2v) is 6.24. The van der Waals surface area contributed by atoms with E-state index in [0.717, 1.165) is 30.1 Å². The zero-order valence-corrected chi connectivity index (χ0v) is 11.1. The van der Waals surface area contributed by atoms with Gasteiger partial charge in [-0.1, -0.05) is 12.1 Å². The molecule has 1 N–H and O–H groups in total. The van der Waals surface area contributed by atoms with Crippen molar-refractivity contribution in [2.75, 3.05) is 13.1 Å². The van der Waals surface area contributed by atoms with Crippen molar-refractivity contribution in [1.82, 2.24) is 10.3 Å². The number of halogens is 1. The van der Waals surface area contributed by atoms with Crippen LogP contribution in [-0.4, -0.2) is 18.1 Å². The van der Waals surface area contributed by atoms with Crippen LogP contribution in [0.3, 0.4) is 0 Å². The van der Waals surface area contributed by atoms with Crippen molar-refractivity contribution in [2.45, 2.75) is 18.8 Å². The Labute approximate surface area is 110 Å². The molecular weight excluding hydrogens is 247 g/mol. The SMILES string of the molecule is Cc1ncc(CC2(c3cccc(F)c3)CNC2)s1. The van der Waals surface area contributed by atoms with Gasteiger partial charge in [0.05, 0.1) is 5.01 Å². The highest BCUT2D eigenvalue weighted by Crippen LogP contribution is 2.34. The predicted octanol–water partition coefficient (Wildman–Crippen LogP) is 2.67. The van der Waals surface area contributed by atoms with Crippen LogP contribution in [0.1, 0.15) is 15.4 Å². The summed E-state index contributed by atoms with van der Waals surface area (Å²) in [6, 6.07) is 6.98. The van der Waals surface area contributed by atoms with Crippen molar-refractivity contribution in [1.29, 1.82) is 0 Å². The van der Waals surface area contributed by atoms with E-state index >= 15 is 0 Å². The number of nitrogens with one attached hydrogen (secondary N) is 1. The Kier molecular flexibility index (Phi) is 2.92. The van der Waals surface area contributed by atoms with Gasteiger partial charge in [-0.25, -0.2) is 9.37 Å². The van der Waals surface area contributed by atoms with Gasteiger partial charge in [0, 0.05) is 29.6 Å². The van der Waals surface area contributed by atoms with Crippen molar-refractivity contribution in [3.8, 4) is 0 Å². The van der Waals surface area contributed by atoms with Crippen molar-refractivity contribution in [2.24, 2.45) is 0 Å². The Morgan fingerprint density at radius 2 is 2.28 bits per heavy atom. The van der Waals surface area contributed by atoms with Crippen LogP contribution < -0.4 is 5.32 Å². The van der Waals surface area contributed by atoms with Gasteiger partial charge >= 0.3 is 0 Å². The predicted molar refractivity (Wildman–Crippen MR) is 71.5 cm³/mol. The molecule has 1 fully saturated rings. The van der Waals surface area contributed by atoms with Crippen LogP contribution in [0.25, 0.3) is 0 Å². The third-order valence-corrected chi connectivity index (χ3v) is 4.46. The number of rotatable bonds is 3. The van der Waals surface area contributed by atoms with Crippen molar-refractivity contribution in [3.05, 3.63) is 51.7 Å². The maximum Gasteiger partial charge on any atom is 0.123 e. The average molecular weight is 262 g/mol. The highest BCUT2D eigenvalue weighted by atomic mass is 32.1. The molecule has 1 saturated heterocycles. The minimum absolute atomic E-state index is 0.0427. The first-order valence-corrected chi connectivity index (χ1v) is 6.88. The van der Waals surface area contributed by atoms with E-state index in [1.165, 1.54) is 10.9 Å². The van der Waals surface area contributed by atoms with Crippen LogP contribution in [0.4, 0.5) is 4.39 Å². The highest BCUT2D eigenvalue weighted by Gasteiger charge is 2.39. The maximum atomic E-state index is 13.4. The van der Waals surface area contributed by atoms with Crippen LogP contribution in [0.2, 0.25) is 0 Å². The first kappa shape index (κ1) is 11.8. The van der Waals surface area contributed by atoms with Crippen molar-refractivity contribution >= 4 is 11.3 Å². The maximum absolute atomic E-state index is 13.4. The zero-order chi connectivity index (χ0) is 12.6. The van der Waals surface area contributed by atoms with Crippen LogP contribution in [0, 0.1) is 12.7 Å². The summed E-state index contributed by atoms with van der Waals surface area (Å²) in [5.74, 6) is -0.153. The van der Waals surface area contributed by atoms with Crippen LogP contribution in [0.5, 0.6) is 0 Å². The summed E-state index contributed by atoms with van der Waals surface area (Å²) in [6.45, 7) is 3.84. The summed E-state index contributed by atoms with van der Waals surface area (Å²) in [7, 11) is 0. The molecule has 0 spiro atoms. The lowest BCUT2D eigenvalue weighted by Gasteiger charge is -2.43. The molecule has 2 nitrogen and oxygen atoms in total. The Morgan fingerprint density at radius 3 is 2.83 bits per heavy atom. The molecule has 0 bridgehead atoms. The van der Waals surface area contributed by atoms with E-state index in [1.807, 2.05) is 19.2 Å². The molecule has 2 aromatic rings. The second-order valence-electron chi connectivity index (χ2n) is 4.92. The summed E-state index contributed by atoms with van der Waals surface area (Å²) in [4.78, 5) is 5.57. The number of aryl methyl sites for hydroxylation is 1. The molecule has 1 aliphatic heterocycles. The normalized spacial score (nSPS) is 17.4. The number of hydrogen-bond acceptors (Lipinski definition) is 3. The Balaban J connectivity index is 1.90. The summed E-state index contributed by atoms with van der Waals surface area (Å²) in [5, 5.41) is 4.40. The average Bonchev–Trinajstić information content (AvgIpc) is 2.69. The highest BCUT2D eigenvalue weighted by molar-refractivity contribution is 7.11. The number of hydrogen-bond donors (Lipinski definition) is 1. The molecule has 94 valence electrons. The monoisotopic (exact) mass is 262 g/mol. The molecular formula is C14H15FN2S. The number of thiazole rings is 1. The third-order valence-electron chi connectivity index (χ3n) is 3.55. The number of benzene rings is 1. The van der Waals surface area contributed by atoms with Gasteiger partial charge in [-0.3, -0.25) is 0 Å². The fourth-order valence-corrected chi connectivity index (χ4v) is 3.44. The Hall–Kier alpha value is -1.26. The lowest BCUT2D eigenvalue weighted by Crippen LogP contribution is -2.58. The van der Waals surface area contributed by atoms with Gasteiger partial charge < -0.3 is 5.32 Å². The molecule has 1 aromatic carbocycles. The molecule has 18 heavy (non-hydrogen) atoms. The standard InChI is InChI=1S/C14H15FN2S/c1-10-17-7-13(18-10)6-14(8-16-9-14)11-3-2-4-12(15)5-11/h2-5,7,16H,6,8-9H2,1H3. The van der Waals surface area contributed by atoms with E-state index < -0.39 is 0 Å². The summed E-state index contributed by atoms with van der Waals surface area (Å²) >= 11 is 1.73. The van der Waals surface area contributed by atoms with Gasteiger partial charge in [0.1, 0.15) is 5.82 Å². The minimum Gasteiger partial charge on any atom is -0.315 e. The second kappa shape index (κ2) is 4.44. The van der Waals surface area contributed by atoms with E-state index in [0.29, 0.717) is 0 Å². The first-order chi connectivity index (χ1) is 8.68. The van der Waals surface area contributed by atoms with Crippen LogP contribution in [0.15, 0.2) is 30.5 Å². The fourth-order valence-electron chi connectivity index (χ4n) is 2.50. The molecule has 2 heterocycles. The first-order valence-electron chi connectivity index (χ1n) is 6.06. The lowest BCUT2D eigenvalue weighted by molar-refractivity contribution is 0.275. The largest absolute Gasteiger partial charge is 0.315 e. The lowest BCUT2D eigenvalue weighted by atomic mass is 9.72. The molecule has 0 radical (unpaired) electrons. The van der Waals surface area contributed by atoms with Gasteiger partial charge in [0.25, 0.3) is 0 Å². The van der Waals surface area contributed by atoms with Crippen LogP contribution in [-0.2, 0) is 11.8 Å². The van der Waals surface area contributed by atoms with E-state index in [9.17, 15) is 4.39 Å². The van der Waals surface area contributed by atoms with Gasteiger partial charge in [-0.15, -0.1) is 11.3 Å². The molecule has 0 amide bonds. The molecule has 0 atom stereocenters. The third kappa shape index (κ3) is 2.06. The number of nitrogens with zero attached hydrogens (tertiary/aromatic N) is 1. The fraction of sp³-hybridized carbons (Fsp3) is 0.357. The van der Waals surface area contributed by atoms with E-state index in [4.69, 9.17) is 0 Å².